The summed E-state index contributed by atoms with van der Waals surface area (Å²) >= 11 is 1.26. The van der Waals surface area contributed by atoms with E-state index in [0.29, 0.717) is 16.4 Å². The number of aromatic nitrogens is 5. The molecule has 0 aliphatic carbocycles. The molecule has 0 aliphatic heterocycles. The van der Waals surface area contributed by atoms with Crippen LogP contribution in [0.4, 0.5) is 5.69 Å². The first kappa shape index (κ1) is 20.5. The number of thioether (sulfide) groups is 1. The van der Waals surface area contributed by atoms with Crippen molar-refractivity contribution in [3.05, 3.63) is 87.7 Å². The van der Waals surface area contributed by atoms with Gasteiger partial charge in [0.2, 0.25) is 5.16 Å². The van der Waals surface area contributed by atoms with Gasteiger partial charge in [0.15, 0.2) is 5.78 Å². The van der Waals surface area contributed by atoms with Crippen LogP contribution in [0.1, 0.15) is 21.7 Å². The Morgan fingerprint density at radius 3 is 2.55 bits per heavy atom. The average Bonchev–Trinajstić information content (AvgIpc) is 3.36. The number of carbonyl (C=O) groups is 1. The van der Waals surface area contributed by atoms with Gasteiger partial charge in [0.25, 0.3) is 5.69 Å². The lowest BCUT2D eigenvalue weighted by atomic mass is 10.2. The molecule has 9 nitrogen and oxygen atoms in total. The first-order chi connectivity index (χ1) is 15.0. The van der Waals surface area contributed by atoms with Gasteiger partial charge in [-0.2, -0.15) is 4.68 Å². The van der Waals surface area contributed by atoms with E-state index < -0.39 is 4.92 Å². The lowest BCUT2D eigenvalue weighted by Gasteiger charge is -2.09. The molecular formula is C21H18N6O3S. The maximum atomic E-state index is 13.0. The van der Waals surface area contributed by atoms with Crippen molar-refractivity contribution in [2.45, 2.75) is 19.0 Å². The number of hydrogen-bond acceptors (Lipinski definition) is 7. The van der Waals surface area contributed by atoms with Crippen LogP contribution in [0.15, 0.2) is 65.8 Å². The van der Waals surface area contributed by atoms with Crippen molar-refractivity contribution in [2.75, 3.05) is 5.75 Å². The fourth-order valence-electron chi connectivity index (χ4n) is 3.40. The summed E-state index contributed by atoms with van der Waals surface area (Å²) in [4.78, 5) is 23.6. The number of carbonyl (C=O) groups excluding carboxylic acids is 1. The first-order valence-corrected chi connectivity index (χ1v) is 10.4. The van der Waals surface area contributed by atoms with Gasteiger partial charge in [0, 0.05) is 29.1 Å². The molecule has 2 aromatic carbocycles. The van der Waals surface area contributed by atoms with Crippen molar-refractivity contribution in [3.63, 3.8) is 0 Å². The summed E-state index contributed by atoms with van der Waals surface area (Å²) in [5, 5.41) is 23.4. The molecule has 0 aliphatic rings. The highest BCUT2D eigenvalue weighted by molar-refractivity contribution is 7.99. The molecule has 0 atom stereocenters. The minimum atomic E-state index is -0.433. The molecule has 156 valence electrons. The number of aryl methyl sites for hydroxylation is 1. The third kappa shape index (κ3) is 4.10. The summed E-state index contributed by atoms with van der Waals surface area (Å²) in [6, 6.07) is 17.6. The summed E-state index contributed by atoms with van der Waals surface area (Å²) < 4.78 is 3.43. The number of non-ortho nitro benzene ring substituents is 1. The Balaban J connectivity index is 1.56. The monoisotopic (exact) mass is 434 g/mol. The molecule has 2 heterocycles. The van der Waals surface area contributed by atoms with Crippen LogP contribution >= 0.6 is 11.8 Å². The number of Topliss-reactive ketones (excluding diaryl/α,β-unsaturated/α-hetero) is 1. The molecule has 10 heteroatoms. The smallest absolute Gasteiger partial charge is 0.271 e. The molecule has 0 N–H and O–H groups in total. The molecule has 4 rings (SSSR count). The van der Waals surface area contributed by atoms with Crippen molar-refractivity contribution in [1.82, 2.24) is 24.8 Å². The van der Waals surface area contributed by atoms with Gasteiger partial charge in [-0.25, -0.2) is 0 Å². The Morgan fingerprint density at radius 2 is 1.81 bits per heavy atom. The molecule has 0 spiro atoms. The standard InChI is InChI=1S/C21H18N6O3S/c1-14-11-19(15(2)25(14)17-9-6-10-18(12-17)27(29)30)20(28)13-31-21-22-23-24-26(21)16-7-4-3-5-8-16/h3-12H,13H2,1-2H3. The Morgan fingerprint density at radius 1 is 1.06 bits per heavy atom. The van der Waals surface area contributed by atoms with Gasteiger partial charge in [-0.15, -0.1) is 5.10 Å². The van der Waals surface area contributed by atoms with Crippen molar-refractivity contribution in [1.29, 1.82) is 0 Å². The van der Waals surface area contributed by atoms with Gasteiger partial charge in [0.05, 0.1) is 22.1 Å². The Bertz CT molecular complexity index is 1270. The molecule has 4 aromatic rings. The highest BCUT2D eigenvalue weighted by atomic mass is 32.2. The Hall–Kier alpha value is -3.79. The van der Waals surface area contributed by atoms with Crippen LogP contribution in [0.2, 0.25) is 0 Å². The minimum Gasteiger partial charge on any atom is -0.318 e. The molecule has 2 aromatic heterocycles. The van der Waals surface area contributed by atoms with Crippen molar-refractivity contribution in [2.24, 2.45) is 0 Å². The number of hydrogen-bond donors (Lipinski definition) is 0. The van der Waals surface area contributed by atoms with Crippen LogP contribution in [0.25, 0.3) is 11.4 Å². The summed E-state index contributed by atoms with van der Waals surface area (Å²) in [6.45, 7) is 3.70. The predicted octanol–water partition coefficient (Wildman–Crippen LogP) is 3.95. The second-order valence-corrected chi connectivity index (χ2v) is 7.76. The summed E-state index contributed by atoms with van der Waals surface area (Å²) in [7, 11) is 0. The van der Waals surface area contributed by atoms with Gasteiger partial charge in [0.1, 0.15) is 0 Å². The average molecular weight is 434 g/mol. The zero-order valence-electron chi connectivity index (χ0n) is 16.8. The molecular weight excluding hydrogens is 416 g/mol. The zero-order chi connectivity index (χ0) is 22.0. The number of tetrazole rings is 1. The fourth-order valence-corrected chi connectivity index (χ4v) is 4.17. The number of nitro groups is 1. The van der Waals surface area contributed by atoms with Crippen molar-refractivity contribution in [3.8, 4) is 11.4 Å². The topological polar surface area (TPSA) is 109 Å². The van der Waals surface area contributed by atoms with E-state index in [9.17, 15) is 14.9 Å². The van der Waals surface area contributed by atoms with Crippen molar-refractivity contribution >= 4 is 23.2 Å². The van der Waals surface area contributed by atoms with E-state index >= 15 is 0 Å². The first-order valence-electron chi connectivity index (χ1n) is 9.39. The maximum absolute atomic E-state index is 13.0. The number of benzene rings is 2. The van der Waals surface area contributed by atoms with Crippen LogP contribution in [0.5, 0.6) is 0 Å². The maximum Gasteiger partial charge on any atom is 0.271 e. The van der Waals surface area contributed by atoms with Crippen LogP contribution < -0.4 is 0 Å². The number of rotatable bonds is 7. The van der Waals surface area contributed by atoms with E-state index in [-0.39, 0.29) is 17.2 Å². The molecule has 0 fully saturated rings. The summed E-state index contributed by atoms with van der Waals surface area (Å²) in [6.07, 6.45) is 0. The number of nitrogens with zero attached hydrogens (tertiary/aromatic N) is 6. The van der Waals surface area contributed by atoms with Gasteiger partial charge in [-0.1, -0.05) is 36.0 Å². The molecule has 0 radical (unpaired) electrons. The number of nitro benzene ring substituents is 1. The molecule has 0 bridgehead atoms. The van der Waals surface area contributed by atoms with E-state index in [2.05, 4.69) is 15.5 Å². The van der Waals surface area contributed by atoms with Gasteiger partial charge < -0.3 is 4.57 Å². The van der Waals surface area contributed by atoms with E-state index in [1.165, 1.54) is 23.9 Å². The molecule has 0 saturated carbocycles. The zero-order valence-corrected chi connectivity index (χ0v) is 17.6. The Labute approximate surface area is 181 Å². The SMILES string of the molecule is Cc1cc(C(=O)CSc2nnnn2-c2ccccc2)c(C)n1-c1cccc([N+](=O)[O-])c1. The molecule has 0 unspecified atom stereocenters. The third-order valence-corrected chi connectivity index (χ3v) is 5.72. The van der Waals surface area contributed by atoms with Gasteiger partial charge >= 0.3 is 0 Å². The van der Waals surface area contributed by atoms with E-state index in [1.54, 1.807) is 22.9 Å². The molecule has 31 heavy (non-hydrogen) atoms. The predicted molar refractivity (Wildman–Crippen MR) is 116 cm³/mol. The lowest BCUT2D eigenvalue weighted by Crippen LogP contribution is -2.07. The number of ketones is 1. The van der Waals surface area contributed by atoms with E-state index in [4.69, 9.17) is 0 Å². The quantitative estimate of drug-likeness (QED) is 0.187. The third-order valence-electron chi connectivity index (χ3n) is 4.80. The van der Waals surface area contributed by atoms with Crippen LogP contribution in [-0.4, -0.2) is 41.2 Å². The minimum absolute atomic E-state index is 0.00109. The number of para-hydroxylation sites is 1. The van der Waals surface area contributed by atoms with Crippen LogP contribution in [-0.2, 0) is 0 Å². The summed E-state index contributed by atoms with van der Waals surface area (Å²) in [5.41, 5.74) is 3.57. The van der Waals surface area contributed by atoms with Crippen LogP contribution in [0.3, 0.4) is 0 Å². The second-order valence-electron chi connectivity index (χ2n) is 6.82. The summed E-state index contributed by atoms with van der Waals surface area (Å²) in [5.74, 6) is 0.0873. The largest absolute Gasteiger partial charge is 0.318 e. The fraction of sp³-hybridized carbons (Fsp3) is 0.143. The molecule has 0 amide bonds. The van der Waals surface area contributed by atoms with E-state index in [1.807, 2.05) is 48.7 Å². The van der Waals surface area contributed by atoms with Crippen molar-refractivity contribution < 1.29 is 9.72 Å². The normalized spacial score (nSPS) is 10.9. The molecule has 0 saturated heterocycles. The Kier molecular flexibility index (Phi) is 5.63. The van der Waals surface area contributed by atoms with Gasteiger partial charge in [-0.3, -0.25) is 14.9 Å². The lowest BCUT2D eigenvalue weighted by molar-refractivity contribution is -0.384. The van der Waals surface area contributed by atoms with Gasteiger partial charge in [-0.05, 0) is 48.5 Å². The van der Waals surface area contributed by atoms with E-state index in [0.717, 1.165) is 17.1 Å². The highest BCUT2D eigenvalue weighted by Gasteiger charge is 2.19. The second kappa shape index (κ2) is 8.52. The highest BCUT2D eigenvalue weighted by Crippen LogP contribution is 2.26. The van der Waals surface area contributed by atoms with Crippen LogP contribution in [0, 0.1) is 24.0 Å².